The van der Waals surface area contributed by atoms with E-state index in [1.54, 1.807) is 24.3 Å². The topological polar surface area (TPSA) is 114 Å². The normalized spacial score (nSPS) is 11.8. The summed E-state index contributed by atoms with van der Waals surface area (Å²) in [5, 5.41) is 19.5. The molecular weight excluding hydrogens is 427 g/mol. The minimum absolute atomic E-state index is 0.0250. The van der Waals surface area contributed by atoms with Crippen LogP contribution in [0.4, 0.5) is 11.4 Å². The van der Waals surface area contributed by atoms with E-state index in [0.717, 1.165) is 16.4 Å². The highest BCUT2D eigenvalue weighted by atomic mass is 35.5. The first-order valence-corrected chi connectivity index (χ1v) is 9.44. The van der Waals surface area contributed by atoms with Crippen molar-refractivity contribution < 1.29 is 23.8 Å². The molecule has 0 saturated carbocycles. The van der Waals surface area contributed by atoms with Crippen molar-refractivity contribution in [2.24, 2.45) is 0 Å². The molecule has 0 amide bonds. The van der Waals surface area contributed by atoms with Crippen LogP contribution in [-0.4, -0.2) is 29.9 Å². The zero-order valence-corrected chi connectivity index (χ0v) is 16.2. The molecule has 2 N–H and O–H groups in total. The van der Waals surface area contributed by atoms with E-state index in [1.165, 1.54) is 18.3 Å². The van der Waals surface area contributed by atoms with Crippen molar-refractivity contribution in [2.75, 3.05) is 4.31 Å². The molecule has 0 bridgehead atoms. The first-order valence-electron chi connectivity index (χ1n) is 7.65. The third kappa shape index (κ3) is 4.10. The van der Waals surface area contributed by atoms with Crippen molar-refractivity contribution in [1.82, 2.24) is 4.98 Å². The monoisotopic (exact) mass is 437 g/mol. The van der Waals surface area contributed by atoms with Gasteiger partial charge >= 0.3 is 5.97 Å². The number of carboxylic acid groups (broad SMARTS) is 1. The van der Waals surface area contributed by atoms with Crippen LogP contribution in [0.3, 0.4) is 0 Å². The fourth-order valence-corrected chi connectivity index (χ4v) is 3.52. The Morgan fingerprint density at radius 2 is 1.86 bits per heavy atom. The lowest BCUT2D eigenvalue weighted by atomic mass is 10.1. The van der Waals surface area contributed by atoms with Gasteiger partial charge in [0.05, 0.1) is 28.8 Å². The summed E-state index contributed by atoms with van der Waals surface area (Å²) in [6.07, 6.45) is 1.24. The van der Waals surface area contributed by atoms with Crippen molar-refractivity contribution in [3.63, 3.8) is 0 Å². The van der Waals surface area contributed by atoms with Gasteiger partial charge in [-0.05, 0) is 35.9 Å². The number of hydrogen-bond donors (Lipinski definition) is 2. The number of aromatic carboxylic acids is 1. The van der Waals surface area contributed by atoms with E-state index >= 15 is 0 Å². The number of nitrogens with zero attached hydrogens (tertiary/aromatic N) is 2. The molecule has 1 atom stereocenters. The third-order valence-electron chi connectivity index (χ3n) is 3.79. The highest BCUT2D eigenvalue weighted by Gasteiger charge is 2.17. The predicted molar refractivity (Wildman–Crippen MR) is 106 cm³/mol. The molecule has 0 saturated heterocycles. The molecule has 7 nitrogen and oxygen atoms in total. The van der Waals surface area contributed by atoms with E-state index in [1.807, 2.05) is 0 Å². The fraction of sp³-hybridized carbons (Fsp3) is 0. The SMILES string of the molecule is O=C(O)c1ccc(N(c2cnc(Cl)c(-c3cccc(Cl)c3)c2)S(=O)[O-])cc1O. The van der Waals surface area contributed by atoms with Gasteiger partial charge in [-0.25, -0.2) is 9.78 Å². The molecule has 1 unspecified atom stereocenters. The van der Waals surface area contributed by atoms with Gasteiger partial charge in [-0.2, -0.15) is 0 Å². The number of pyridine rings is 1. The van der Waals surface area contributed by atoms with E-state index in [9.17, 15) is 18.7 Å². The molecule has 1 heterocycles. The maximum absolute atomic E-state index is 11.9. The highest BCUT2D eigenvalue weighted by Crippen LogP contribution is 2.36. The second kappa shape index (κ2) is 8.15. The van der Waals surface area contributed by atoms with Gasteiger partial charge in [-0.1, -0.05) is 35.3 Å². The summed E-state index contributed by atoms with van der Waals surface area (Å²) in [5.74, 6) is -1.91. The minimum atomic E-state index is -2.79. The number of carboxylic acids is 1. The number of aromatic nitrogens is 1. The average molecular weight is 438 g/mol. The lowest BCUT2D eigenvalue weighted by molar-refractivity contribution is 0.0694. The van der Waals surface area contributed by atoms with Crippen LogP contribution in [0.2, 0.25) is 10.2 Å². The van der Waals surface area contributed by atoms with Crippen LogP contribution in [-0.2, 0) is 11.3 Å². The molecule has 10 heteroatoms. The van der Waals surface area contributed by atoms with Crippen molar-refractivity contribution >= 4 is 51.8 Å². The smallest absolute Gasteiger partial charge is 0.339 e. The second-order valence-electron chi connectivity index (χ2n) is 5.56. The molecule has 0 fully saturated rings. The number of anilines is 2. The molecule has 28 heavy (non-hydrogen) atoms. The molecular formula is C18H11Cl2N2O5S-. The lowest BCUT2D eigenvalue weighted by Gasteiger charge is -2.27. The van der Waals surface area contributed by atoms with E-state index in [-0.39, 0.29) is 22.1 Å². The summed E-state index contributed by atoms with van der Waals surface area (Å²) in [7, 11) is 0. The van der Waals surface area contributed by atoms with Crippen molar-refractivity contribution in [3.8, 4) is 16.9 Å². The Hall–Kier alpha value is -2.65. The summed E-state index contributed by atoms with van der Waals surface area (Å²) in [5.41, 5.74) is 0.887. The number of benzene rings is 2. The Labute approximate surface area is 172 Å². The summed E-state index contributed by atoms with van der Waals surface area (Å²) in [6.45, 7) is 0. The minimum Gasteiger partial charge on any atom is -0.755 e. The lowest BCUT2D eigenvalue weighted by Crippen LogP contribution is -2.20. The molecule has 0 radical (unpaired) electrons. The van der Waals surface area contributed by atoms with Gasteiger partial charge in [0.1, 0.15) is 16.5 Å². The molecule has 3 rings (SSSR count). The van der Waals surface area contributed by atoms with Crippen LogP contribution in [0.25, 0.3) is 11.1 Å². The third-order valence-corrected chi connectivity index (χ3v) is 5.05. The molecule has 0 aliphatic carbocycles. The van der Waals surface area contributed by atoms with E-state index in [4.69, 9.17) is 28.3 Å². The number of carbonyl (C=O) groups is 1. The molecule has 144 valence electrons. The van der Waals surface area contributed by atoms with Gasteiger partial charge in [0.15, 0.2) is 0 Å². The molecule has 0 spiro atoms. The van der Waals surface area contributed by atoms with E-state index < -0.39 is 23.0 Å². The van der Waals surface area contributed by atoms with E-state index in [2.05, 4.69) is 4.98 Å². The number of aromatic hydroxyl groups is 1. The van der Waals surface area contributed by atoms with Gasteiger partial charge < -0.3 is 14.8 Å². The number of halogens is 2. The zero-order chi connectivity index (χ0) is 20.4. The highest BCUT2D eigenvalue weighted by molar-refractivity contribution is 7.81. The maximum Gasteiger partial charge on any atom is 0.339 e. The number of hydrogen-bond acceptors (Lipinski definition) is 5. The standard InChI is InChI=1S/C18H12Cl2N2O5S/c19-11-3-1-2-10(6-11)15-7-13(9-21-17(15)20)22(28(26)27)12-4-5-14(18(24)25)16(23)8-12/h1-9,23H,(H,24,25)(H,26,27)/p-1. The summed E-state index contributed by atoms with van der Waals surface area (Å²) in [6, 6.07) is 11.7. The molecule has 3 aromatic rings. The van der Waals surface area contributed by atoms with Gasteiger partial charge in [-0.3, -0.25) is 8.51 Å². The Kier molecular flexibility index (Phi) is 5.85. The quantitative estimate of drug-likeness (QED) is 0.451. The van der Waals surface area contributed by atoms with Gasteiger partial charge in [-0.15, -0.1) is 0 Å². The second-order valence-corrected chi connectivity index (χ2v) is 7.15. The van der Waals surface area contributed by atoms with Gasteiger partial charge in [0, 0.05) is 16.7 Å². The first kappa shape index (κ1) is 20.1. The van der Waals surface area contributed by atoms with Crippen LogP contribution < -0.4 is 4.31 Å². The Morgan fingerprint density at radius 3 is 2.46 bits per heavy atom. The van der Waals surface area contributed by atoms with Crippen LogP contribution >= 0.6 is 23.2 Å². The van der Waals surface area contributed by atoms with Crippen molar-refractivity contribution in [2.45, 2.75) is 0 Å². The fourth-order valence-electron chi connectivity index (χ4n) is 2.55. The predicted octanol–water partition coefficient (Wildman–Crippen LogP) is 4.39. The molecule has 0 aliphatic rings. The number of rotatable bonds is 5. The largest absolute Gasteiger partial charge is 0.755 e. The average Bonchev–Trinajstić information content (AvgIpc) is 2.62. The first-order chi connectivity index (χ1) is 13.3. The molecule has 0 aliphatic heterocycles. The summed E-state index contributed by atoms with van der Waals surface area (Å²) < 4.78 is 24.6. The number of phenols is 1. The van der Waals surface area contributed by atoms with Crippen molar-refractivity contribution in [3.05, 3.63) is 70.5 Å². The van der Waals surface area contributed by atoms with Crippen LogP contribution in [0, 0.1) is 0 Å². The Bertz CT molecular complexity index is 1090. The summed E-state index contributed by atoms with van der Waals surface area (Å²) >= 11 is 9.38. The van der Waals surface area contributed by atoms with Crippen LogP contribution in [0.5, 0.6) is 5.75 Å². The van der Waals surface area contributed by atoms with E-state index in [0.29, 0.717) is 16.1 Å². The molecule has 1 aromatic heterocycles. The Morgan fingerprint density at radius 1 is 1.11 bits per heavy atom. The zero-order valence-electron chi connectivity index (χ0n) is 13.9. The molecule has 2 aromatic carbocycles. The maximum atomic E-state index is 11.9. The van der Waals surface area contributed by atoms with Crippen LogP contribution in [0.15, 0.2) is 54.7 Å². The Balaban J connectivity index is 2.11. The summed E-state index contributed by atoms with van der Waals surface area (Å²) in [4.78, 5) is 15.1. The van der Waals surface area contributed by atoms with Crippen LogP contribution in [0.1, 0.15) is 10.4 Å². The van der Waals surface area contributed by atoms with Gasteiger partial charge in [0.2, 0.25) is 0 Å². The van der Waals surface area contributed by atoms with Gasteiger partial charge in [0.25, 0.3) is 0 Å². The van der Waals surface area contributed by atoms with Crippen molar-refractivity contribution in [1.29, 1.82) is 0 Å².